The van der Waals surface area contributed by atoms with E-state index in [1.165, 1.54) is 4.90 Å². The van der Waals surface area contributed by atoms with Crippen LogP contribution < -0.4 is 4.90 Å². The van der Waals surface area contributed by atoms with E-state index in [2.05, 4.69) is 14.9 Å². The van der Waals surface area contributed by atoms with Crippen LogP contribution in [-0.4, -0.2) is 69.7 Å². The van der Waals surface area contributed by atoms with Crippen LogP contribution in [0.25, 0.3) is 11.3 Å². The molecule has 2 aromatic carbocycles. The molecule has 1 saturated heterocycles. The molecule has 0 saturated carbocycles. The quantitative estimate of drug-likeness (QED) is 0.499. The standard InChI is InChI=1S/C28H29N5O3/c1-19(2)16-24(33-26(34)21-10-6-7-11-22(21)27(33)35)28(36)32-14-12-31(13-15-32)25-17-23(29-18-30-25)20-8-4-3-5-9-20/h3-11,17-19,24H,12-16H2,1-2H3. The second-order valence-electron chi connectivity index (χ2n) is 9.61. The number of benzene rings is 2. The number of anilines is 1. The summed E-state index contributed by atoms with van der Waals surface area (Å²) in [5.74, 6) is 0.00727. The molecule has 3 aromatic rings. The van der Waals surface area contributed by atoms with Gasteiger partial charge in [0.05, 0.1) is 16.8 Å². The Balaban J connectivity index is 1.30. The Kier molecular flexibility index (Phi) is 6.50. The summed E-state index contributed by atoms with van der Waals surface area (Å²) in [5.41, 5.74) is 2.60. The third-order valence-corrected chi connectivity index (χ3v) is 6.75. The average Bonchev–Trinajstić information content (AvgIpc) is 3.17. The van der Waals surface area contributed by atoms with Gasteiger partial charge in [-0.2, -0.15) is 0 Å². The molecule has 2 aliphatic heterocycles. The molecule has 0 spiro atoms. The van der Waals surface area contributed by atoms with Gasteiger partial charge in [0.2, 0.25) is 5.91 Å². The molecule has 5 rings (SSSR count). The van der Waals surface area contributed by atoms with Gasteiger partial charge in [0.15, 0.2) is 0 Å². The van der Waals surface area contributed by atoms with Crippen LogP contribution in [0, 0.1) is 5.92 Å². The van der Waals surface area contributed by atoms with Gasteiger partial charge in [-0.1, -0.05) is 56.3 Å². The molecule has 1 fully saturated rings. The Labute approximate surface area is 210 Å². The van der Waals surface area contributed by atoms with E-state index in [1.54, 1.807) is 35.5 Å². The molecule has 184 valence electrons. The van der Waals surface area contributed by atoms with Crippen LogP contribution >= 0.6 is 0 Å². The minimum Gasteiger partial charge on any atom is -0.353 e. The maximum absolute atomic E-state index is 13.7. The summed E-state index contributed by atoms with van der Waals surface area (Å²) in [5, 5.41) is 0. The highest BCUT2D eigenvalue weighted by atomic mass is 16.2. The zero-order chi connectivity index (χ0) is 25.2. The summed E-state index contributed by atoms with van der Waals surface area (Å²) in [6, 6.07) is 17.9. The number of piperazine rings is 1. The molecule has 1 atom stereocenters. The van der Waals surface area contributed by atoms with Crippen LogP contribution in [-0.2, 0) is 4.79 Å². The van der Waals surface area contributed by atoms with Crippen molar-refractivity contribution in [3.63, 3.8) is 0 Å². The number of hydrogen-bond donors (Lipinski definition) is 0. The summed E-state index contributed by atoms with van der Waals surface area (Å²) in [7, 11) is 0. The van der Waals surface area contributed by atoms with Gasteiger partial charge in [0, 0.05) is 37.8 Å². The van der Waals surface area contributed by atoms with Gasteiger partial charge >= 0.3 is 0 Å². The topological polar surface area (TPSA) is 86.7 Å². The van der Waals surface area contributed by atoms with Gasteiger partial charge in [-0.05, 0) is 24.5 Å². The van der Waals surface area contributed by atoms with E-state index in [9.17, 15) is 14.4 Å². The van der Waals surface area contributed by atoms with Gasteiger partial charge in [-0.3, -0.25) is 19.3 Å². The highest BCUT2D eigenvalue weighted by Gasteiger charge is 2.44. The maximum Gasteiger partial charge on any atom is 0.262 e. The lowest BCUT2D eigenvalue weighted by Crippen LogP contribution is -2.56. The Hall–Kier alpha value is -4.07. The first-order valence-electron chi connectivity index (χ1n) is 12.3. The monoisotopic (exact) mass is 483 g/mol. The fraction of sp³-hybridized carbons (Fsp3) is 0.321. The maximum atomic E-state index is 13.7. The van der Waals surface area contributed by atoms with Crippen molar-refractivity contribution in [2.24, 2.45) is 5.92 Å². The van der Waals surface area contributed by atoms with E-state index < -0.39 is 6.04 Å². The Morgan fingerprint density at radius 3 is 2.08 bits per heavy atom. The van der Waals surface area contributed by atoms with E-state index >= 15 is 0 Å². The predicted molar refractivity (Wildman–Crippen MR) is 136 cm³/mol. The number of amides is 3. The van der Waals surface area contributed by atoms with Crippen molar-refractivity contribution in [2.45, 2.75) is 26.3 Å². The van der Waals surface area contributed by atoms with Crippen LogP contribution in [0.5, 0.6) is 0 Å². The fourth-order valence-corrected chi connectivity index (χ4v) is 4.91. The number of rotatable bonds is 6. The van der Waals surface area contributed by atoms with Crippen molar-refractivity contribution in [1.82, 2.24) is 19.8 Å². The Morgan fingerprint density at radius 1 is 0.861 bits per heavy atom. The Bertz CT molecular complexity index is 1250. The van der Waals surface area contributed by atoms with Crippen molar-refractivity contribution < 1.29 is 14.4 Å². The number of aromatic nitrogens is 2. The molecule has 3 amide bonds. The smallest absolute Gasteiger partial charge is 0.262 e. The van der Waals surface area contributed by atoms with Crippen molar-refractivity contribution in [2.75, 3.05) is 31.1 Å². The number of fused-ring (bicyclic) bond motifs is 1. The fourth-order valence-electron chi connectivity index (χ4n) is 4.91. The third-order valence-electron chi connectivity index (χ3n) is 6.75. The van der Waals surface area contributed by atoms with E-state index in [4.69, 9.17) is 0 Å². The first-order valence-corrected chi connectivity index (χ1v) is 12.3. The molecule has 1 unspecified atom stereocenters. The van der Waals surface area contributed by atoms with Gasteiger partial charge in [0.1, 0.15) is 18.2 Å². The molecule has 0 aliphatic carbocycles. The molecule has 2 aliphatic rings. The lowest BCUT2D eigenvalue weighted by molar-refractivity contribution is -0.136. The Morgan fingerprint density at radius 2 is 1.47 bits per heavy atom. The number of hydrogen-bond acceptors (Lipinski definition) is 6. The zero-order valence-corrected chi connectivity index (χ0v) is 20.5. The lowest BCUT2D eigenvalue weighted by Gasteiger charge is -2.38. The molecule has 0 bridgehead atoms. The molecule has 0 radical (unpaired) electrons. The largest absolute Gasteiger partial charge is 0.353 e. The molecular weight excluding hydrogens is 454 g/mol. The van der Waals surface area contributed by atoms with Crippen molar-refractivity contribution in [1.29, 1.82) is 0 Å². The predicted octanol–water partition coefficient (Wildman–Crippen LogP) is 3.50. The average molecular weight is 484 g/mol. The minimum atomic E-state index is -0.812. The van der Waals surface area contributed by atoms with Crippen LogP contribution in [0.2, 0.25) is 0 Å². The van der Waals surface area contributed by atoms with E-state index in [0.29, 0.717) is 43.7 Å². The highest BCUT2D eigenvalue weighted by molar-refractivity contribution is 6.22. The molecule has 3 heterocycles. The van der Waals surface area contributed by atoms with E-state index in [1.807, 2.05) is 50.2 Å². The molecule has 36 heavy (non-hydrogen) atoms. The third kappa shape index (κ3) is 4.46. The van der Waals surface area contributed by atoms with Gasteiger partial charge in [-0.15, -0.1) is 0 Å². The number of carbonyl (C=O) groups excluding carboxylic acids is 3. The molecule has 8 nitrogen and oxygen atoms in total. The zero-order valence-electron chi connectivity index (χ0n) is 20.5. The second kappa shape index (κ2) is 9.89. The summed E-state index contributed by atoms with van der Waals surface area (Å²) < 4.78 is 0. The van der Waals surface area contributed by atoms with Crippen LogP contribution in [0.4, 0.5) is 5.82 Å². The molecule has 1 aromatic heterocycles. The second-order valence-corrected chi connectivity index (χ2v) is 9.61. The SMILES string of the molecule is CC(C)CC(C(=O)N1CCN(c2cc(-c3ccccc3)ncn2)CC1)N1C(=O)c2ccccc2C1=O. The summed E-state index contributed by atoms with van der Waals surface area (Å²) in [6.45, 7) is 6.18. The normalized spacial score (nSPS) is 16.5. The highest BCUT2D eigenvalue weighted by Crippen LogP contribution is 2.28. The number of carbonyl (C=O) groups is 3. The van der Waals surface area contributed by atoms with Gasteiger partial charge in [-0.25, -0.2) is 9.97 Å². The summed E-state index contributed by atoms with van der Waals surface area (Å²) in [4.78, 5) is 53.8. The summed E-state index contributed by atoms with van der Waals surface area (Å²) >= 11 is 0. The first-order chi connectivity index (χ1) is 17.4. The van der Waals surface area contributed by atoms with Gasteiger partial charge < -0.3 is 9.80 Å². The van der Waals surface area contributed by atoms with Crippen LogP contribution in [0.3, 0.4) is 0 Å². The van der Waals surface area contributed by atoms with Crippen molar-refractivity contribution in [3.8, 4) is 11.3 Å². The number of nitrogens with zero attached hydrogens (tertiary/aromatic N) is 5. The summed E-state index contributed by atoms with van der Waals surface area (Å²) in [6.07, 6.45) is 1.99. The molecular formula is C28H29N5O3. The van der Waals surface area contributed by atoms with E-state index in [0.717, 1.165) is 17.1 Å². The van der Waals surface area contributed by atoms with Crippen molar-refractivity contribution in [3.05, 3.63) is 78.1 Å². The van der Waals surface area contributed by atoms with Crippen molar-refractivity contribution >= 4 is 23.5 Å². The number of imide groups is 1. The first kappa shape index (κ1) is 23.7. The van der Waals surface area contributed by atoms with Crippen LogP contribution in [0.1, 0.15) is 41.0 Å². The molecule has 0 N–H and O–H groups in total. The lowest BCUT2D eigenvalue weighted by atomic mass is 10.0. The van der Waals surface area contributed by atoms with Crippen LogP contribution in [0.15, 0.2) is 67.0 Å². The van der Waals surface area contributed by atoms with E-state index in [-0.39, 0.29) is 23.6 Å². The minimum absolute atomic E-state index is 0.141. The molecule has 8 heteroatoms. The van der Waals surface area contributed by atoms with Gasteiger partial charge in [0.25, 0.3) is 11.8 Å².